The Morgan fingerprint density at radius 2 is 1.92 bits per heavy atom. The third-order valence-electron chi connectivity index (χ3n) is 1.27. The Labute approximate surface area is 87.5 Å². The monoisotopic (exact) mass is 274 g/mol. The molecular formula is C7H15BrO2S2. The lowest BCUT2D eigenvalue weighted by Gasteiger charge is -1.98. The van der Waals surface area contributed by atoms with E-state index in [9.17, 15) is 8.42 Å². The van der Waals surface area contributed by atoms with Gasteiger partial charge in [-0.25, -0.2) is 8.42 Å². The van der Waals surface area contributed by atoms with E-state index in [0.717, 1.165) is 16.8 Å². The van der Waals surface area contributed by atoms with E-state index in [1.54, 1.807) is 11.8 Å². The van der Waals surface area contributed by atoms with Crippen LogP contribution in [0.15, 0.2) is 0 Å². The Hall–Kier alpha value is 0.780. The molecule has 5 heteroatoms. The van der Waals surface area contributed by atoms with E-state index in [1.807, 2.05) is 0 Å². The van der Waals surface area contributed by atoms with Crippen molar-refractivity contribution < 1.29 is 8.42 Å². The second kappa shape index (κ2) is 7.21. The van der Waals surface area contributed by atoms with Gasteiger partial charge in [0.25, 0.3) is 0 Å². The van der Waals surface area contributed by atoms with Crippen molar-refractivity contribution in [3.05, 3.63) is 0 Å². The first-order valence-corrected chi connectivity index (χ1v) is 8.21. The van der Waals surface area contributed by atoms with E-state index in [1.165, 1.54) is 19.1 Å². The van der Waals surface area contributed by atoms with Crippen LogP contribution in [0.2, 0.25) is 0 Å². The van der Waals surface area contributed by atoms with Gasteiger partial charge in [0.2, 0.25) is 0 Å². The molecule has 0 aliphatic heterocycles. The summed E-state index contributed by atoms with van der Waals surface area (Å²) in [6.07, 6.45) is 3.62. The summed E-state index contributed by atoms with van der Waals surface area (Å²) in [4.78, 5) is 0. The first-order valence-electron chi connectivity index (χ1n) is 3.87. The van der Waals surface area contributed by atoms with Crippen LogP contribution in [0.25, 0.3) is 0 Å². The number of unbranched alkanes of at least 4 members (excludes halogenated alkanes) is 1. The van der Waals surface area contributed by atoms with Crippen molar-refractivity contribution in [2.45, 2.75) is 12.8 Å². The quantitative estimate of drug-likeness (QED) is 0.526. The van der Waals surface area contributed by atoms with Crippen LogP contribution in [0.1, 0.15) is 12.8 Å². The molecule has 0 aliphatic carbocycles. The van der Waals surface area contributed by atoms with Crippen molar-refractivity contribution in [1.82, 2.24) is 0 Å². The Morgan fingerprint density at radius 3 is 2.42 bits per heavy atom. The number of hydrogen-bond donors (Lipinski definition) is 0. The van der Waals surface area contributed by atoms with Crippen LogP contribution < -0.4 is 0 Å². The van der Waals surface area contributed by atoms with E-state index in [0.29, 0.717) is 5.75 Å². The molecule has 0 aliphatic rings. The van der Waals surface area contributed by atoms with Gasteiger partial charge in [-0.05, 0) is 18.6 Å². The Morgan fingerprint density at radius 1 is 1.25 bits per heavy atom. The Bertz CT molecular complexity index is 190. The van der Waals surface area contributed by atoms with Gasteiger partial charge in [-0.2, -0.15) is 11.8 Å². The smallest absolute Gasteiger partial charge is 0.148 e. The molecule has 0 N–H and O–H groups in total. The van der Waals surface area contributed by atoms with E-state index in [4.69, 9.17) is 0 Å². The molecule has 12 heavy (non-hydrogen) atoms. The van der Waals surface area contributed by atoms with Crippen LogP contribution in [-0.4, -0.2) is 37.3 Å². The zero-order valence-corrected chi connectivity index (χ0v) is 10.5. The Kier molecular flexibility index (Phi) is 7.68. The molecular weight excluding hydrogens is 260 g/mol. The van der Waals surface area contributed by atoms with E-state index >= 15 is 0 Å². The Balaban J connectivity index is 3.12. The second-order valence-electron chi connectivity index (χ2n) is 2.64. The highest BCUT2D eigenvalue weighted by Crippen LogP contribution is 2.06. The summed E-state index contributed by atoms with van der Waals surface area (Å²) in [5.41, 5.74) is 0. The molecule has 0 atom stereocenters. The summed E-state index contributed by atoms with van der Waals surface area (Å²) in [7, 11) is -2.75. The number of rotatable bonds is 7. The molecule has 0 fully saturated rings. The average molecular weight is 275 g/mol. The van der Waals surface area contributed by atoms with Crippen molar-refractivity contribution in [3.8, 4) is 0 Å². The third-order valence-corrected chi connectivity index (χ3v) is 4.11. The first kappa shape index (κ1) is 12.8. The first-order chi connectivity index (χ1) is 5.56. The number of alkyl halides is 1. The largest absolute Gasteiger partial charge is 0.229 e. The molecule has 0 saturated carbocycles. The third kappa shape index (κ3) is 10.8. The van der Waals surface area contributed by atoms with Crippen molar-refractivity contribution in [3.63, 3.8) is 0 Å². The van der Waals surface area contributed by atoms with Gasteiger partial charge in [0.05, 0.1) is 5.75 Å². The van der Waals surface area contributed by atoms with E-state index in [2.05, 4.69) is 15.9 Å². The highest BCUT2D eigenvalue weighted by molar-refractivity contribution is 9.09. The molecule has 0 aromatic carbocycles. The maximum absolute atomic E-state index is 10.7. The van der Waals surface area contributed by atoms with Crippen LogP contribution in [0.3, 0.4) is 0 Å². The molecule has 0 amide bonds. The summed E-state index contributed by atoms with van der Waals surface area (Å²) in [6.45, 7) is 0. The lowest BCUT2D eigenvalue weighted by Crippen LogP contribution is -2.05. The van der Waals surface area contributed by atoms with Crippen molar-refractivity contribution >= 4 is 37.5 Å². The van der Waals surface area contributed by atoms with Gasteiger partial charge in [0.1, 0.15) is 9.84 Å². The molecule has 2 nitrogen and oxygen atoms in total. The number of thioether (sulfide) groups is 1. The minimum Gasteiger partial charge on any atom is -0.229 e. The van der Waals surface area contributed by atoms with Crippen molar-refractivity contribution in [1.29, 1.82) is 0 Å². The lowest BCUT2D eigenvalue weighted by molar-refractivity contribution is 0.603. The van der Waals surface area contributed by atoms with Gasteiger partial charge in [0, 0.05) is 17.3 Å². The van der Waals surface area contributed by atoms with Crippen LogP contribution in [0.5, 0.6) is 0 Å². The number of hydrogen-bond acceptors (Lipinski definition) is 3. The van der Waals surface area contributed by atoms with Crippen LogP contribution in [-0.2, 0) is 9.84 Å². The molecule has 0 spiro atoms. The SMILES string of the molecule is CS(=O)(=O)CCSCCCCBr. The summed E-state index contributed by atoms with van der Waals surface area (Å²) in [6, 6.07) is 0. The predicted octanol–water partition coefficient (Wildman–Crippen LogP) is 1.94. The number of sulfone groups is 1. The molecule has 0 radical (unpaired) electrons. The highest BCUT2D eigenvalue weighted by Gasteiger charge is 2.00. The average Bonchev–Trinajstić information content (AvgIpc) is 1.94. The molecule has 0 rings (SSSR count). The molecule has 0 unspecified atom stereocenters. The minimum atomic E-state index is -2.75. The summed E-state index contributed by atoms with van der Waals surface area (Å²) in [5.74, 6) is 2.12. The van der Waals surface area contributed by atoms with E-state index in [-0.39, 0.29) is 0 Å². The fraction of sp³-hybridized carbons (Fsp3) is 1.00. The standard InChI is InChI=1S/C7H15BrO2S2/c1-12(9,10)7-6-11-5-3-2-4-8/h2-7H2,1H3. The fourth-order valence-electron chi connectivity index (χ4n) is 0.611. The molecule has 0 bridgehead atoms. The van der Waals surface area contributed by atoms with Crippen LogP contribution in [0, 0.1) is 0 Å². The van der Waals surface area contributed by atoms with Gasteiger partial charge in [-0.1, -0.05) is 15.9 Å². The molecule has 0 aromatic heterocycles. The number of halogens is 1. The molecule has 0 heterocycles. The van der Waals surface area contributed by atoms with E-state index < -0.39 is 9.84 Å². The van der Waals surface area contributed by atoms with Crippen molar-refractivity contribution in [2.24, 2.45) is 0 Å². The van der Waals surface area contributed by atoms with Gasteiger partial charge < -0.3 is 0 Å². The summed E-state index contributed by atoms with van der Waals surface area (Å²) < 4.78 is 21.4. The van der Waals surface area contributed by atoms with Crippen molar-refractivity contribution in [2.75, 3.05) is 28.8 Å². The maximum Gasteiger partial charge on any atom is 0.148 e. The molecule has 0 saturated heterocycles. The van der Waals surface area contributed by atoms with Gasteiger partial charge in [0.15, 0.2) is 0 Å². The summed E-state index contributed by atoms with van der Waals surface area (Å²) >= 11 is 5.07. The highest BCUT2D eigenvalue weighted by atomic mass is 79.9. The molecule has 74 valence electrons. The second-order valence-corrected chi connectivity index (χ2v) is 6.92. The lowest BCUT2D eigenvalue weighted by atomic mass is 10.4. The predicted molar refractivity (Wildman–Crippen MR) is 60.1 cm³/mol. The van der Waals surface area contributed by atoms with Gasteiger partial charge in [-0.3, -0.25) is 0 Å². The topological polar surface area (TPSA) is 34.1 Å². The molecule has 0 aromatic rings. The van der Waals surface area contributed by atoms with Crippen LogP contribution in [0.4, 0.5) is 0 Å². The summed E-state index contributed by atoms with van der Waals surface area (Å²) in [5, 5.41) is 1.04. The minimum absolute atomic E-state index is 0.311. The fourth-order valence-corrected chi connectivity index (χ4v) is 3.30. The van der Waals surface area contributed by atoms with Crippen LogP contribution >= 0.6 is 27.7 Å². The zero-order valence-electron chi connectivity index (χ0n) is 7.25. The normalized spacial score (nSPS) is 11.8. The zero-order chi connectivity index (χ0) is 9.45. The maximum atomic E-state index is 10.7. The van der Waals surface area contributed by atoms with Gasteiger partial charge >= 0.3 is 0 Å². The van der Waals surface area contributed by atoms with Gasteiger partial charge in [-0.15, -0.1) is 0 Å².